The minimum atomic E-state index is 0.247. The number of fused-ring (bicyclic) bond motifs is 1. The van der Waals surface area contributed by atoms with E-state index in [0.717, 1.165) is 39.3 Å². The first kappa shape index (κ1) is 19.2. The smallest absolute Gasteiger partial charge is 0.0858 e. The zero-order valence-corrected chi connectivity index (χ0v) is 16.2. The van der Waals surface area contributed by atoms with Crippen molar-refractivity contribution in [3.8, 4) is 0 Å². The second kappa shape index (κ2) is 8.28. The number of hydrogen-bond acceptors (Lipinski definition) is 4. The standard InChI is InChI=1S/C19H38N2O2/c1-15(2)16(3)22-12-7-9-20-11-13-23-18-14-21(19(4,5)6)10-8-17(18)20/h15-18H,7-14H2,1-6H3/t16-,17?,18?/m0/s1. The zero-order chi connectivity index (χ0) is 17.0. The summed E-state index contributed by atoms with van der Waals surface area (Å²) in [5.41, 5.74) is 0.247. The van der Waals surface area contributed by atoms with E-state index >= 15 is 0 Å². The molecule has 0 amide bonds. The van der Waals surface area contributed by atoms with Crippen LogP contribution in [0, 0.1) is 5.92 Å². The van der Waals surface area contributed by atoms with Gasteiger partial charge in [0.1, 0.15) is 0 Å². The maximum Gasteiger partial charge on any atom is 0.0858 e. The maximum atomic E-state index is 6.10. The molecule has 2 unspecified atom stereocenters. The van der Waals surface area contributed by atoms with Crippen molar-refractivity contribution in [2.75, 3.05) is 39.4 Å². The van der Waals surface area contributed by atoms with Gasteiger partial charge in [-0.15, -0.1) is 0 Å². The average Bonchev–Trinajstić information content (AvgIpc) is 2.49. The van der Waals surface area contributed by atoms with Crippen LogP contribution in [0.3, 0.4) is 0 Å². The molecule has 0 spiro atoms. The second-order valence-electron chi connectivity index (χ2n) is 8.59. The fourth-order valence-electron chi connectivity index (χ4n) is 3.59. The van der Waals surface area contributed by atoms with E-state index in [-0.39, 0.29) is 5.54 Å². The quantitative estimate of drug-likeness (QED) is 0.701. The fourth-order valence-corrected chi connectivity index (χ4v) is 3.59. The van der Waals surface area contributed by atoms with Crippen molar-refractivity contribution < 1.29 is 9.47 Å². The second-order valence-corrected chi connectivity index (χ2v) is 8.59. The Hall–Kier alpha value is -0.160. The van der Waals surface area contributed by atoms with Gasteiger partial charge in [-0.05, 0) is 46.5 Å². The molecule has 3 atom stereocenters. The molecule has 2 heterocycles. The van der Waals surface area contributed by atoms with E-state index in [1.54, 1.807) is 0 Å². The lowest BCUT2D eigenvalue weighted by atomic mass is 9.94. The molecule has 0 aromatic heterocycles. The van der Waals surface area contributed by atoms with Gasteiger partial charge in [-0.3, -0.25) is 9.80 Å². The van der Waals surface area contributed by atoms with Crippen molar-refractivity contribution in [3.05, 3.63) is 0 Å². The maximum absolute atomic E-state index is 6.10. The van der Waals surface area contributed by atoms with Gasteiger partial charge in [0.15, 0.2) is 0 Å². The molecule has 4 heteroatoms. The molecule has 23 heavy (non-hydrogen) atoms. The molecule has 2 aliphatic heterocycles. The van der Waals surface area contributed by atoms with Gasteiger partial charge in [-0.2, -0.15) is 0 Å². The third-order valence-corrected chi connectivity index (χ3v) is 5.56. The van der Waals surface area contributed by atoms with Crippen molar-refractivity contribution in [2.45, 2.75) is 78.2 Å². The van der Waals surface area contributed by atoms with Crippen LogP contribution in [0.25, 0.3) is 0 Å². The third-order valence-electron chi connectivity index (χ3n) is 5.56. The topological polar surface area (TPSA) is 24.9 Å². The van der Waals surface area contributed by atoms with Gasteiger partial charge in [0.05, 0.1) is 18.8 Å². The molecular formula is C19H38N2O2. The summed E-state index contributed by atoms with van der Waals surface area (Å²) in [5.74, 6) is 0.601. The van der Waals surface area contributed by atoms with Crippen LogP contribution in [0.5, 0.6) is 0 Å². The highest BCUT2D eigenvalue weighted by Gasteiger charge is 2.39. The number of ether oxygens (including phenoxy) is 2. The van der Waals surface area contributed by atoms with E-state index in [1.807, 2.05) is 0 Å². The van der Waals surface area contributed by atoms with Crippen molar-refractivity contribution in [1.29, 1.82) is 0 Å². The first-order chi connectivity index (χ1) is 10.8. The van der Waals surface area contributed by atoms with Crippen molar-refractivity contribution >= 4 is 0 Å². The van der Waals surface area contributed by atoms with E-state index in [1.165, 1.54) is 13.0 Å². The van der Waals surface area contributed by atoms with E-state index in [9.17, 15) is 0 Å². The van der Waals surface area contributed by atoms with Crippen LogP contribution in [0.1, 0.15) is 54.4 Å². The monoisotopic (exact) mass is 326 g/mol. The first-order valence-electron chi connectivity index (χ1n) is 9.51. The predicted molar refractivity (Wildman–Crippen MR) is 95.9 cm³/mol. The summed E-state index contributed by atoms with van der Waals surface area (Å²) in [7, 11) is 0. The van der Waals surface area contributed by atoms with Gasteiger partial charge in [0.2, 0.25) is 0 Å². The molecule has 0 aromatic carbocycles. The lowest BCUT2D eigenvalue weighted by molar-refractivity contribution is -0.118. The van der Waals surface area contributed by atoms with Gasteiger partial charge < -0.3 is 9.47 Å². The Morgan fingerprint density at radius 3 is 2.57 bits per heavy atom. The van der Waals surface area contributed by atoms with Crippen LogP contribution in [-0.4, -0.2) is 73.0 Å². The van der Waals surface area contributed by atoms with Gasteiger partial charge in [-0.1, -0.05) is 13.8 Å². The number of morpholine rings is 1. The zero-order valence-electron chi connectivity index (χ0n) is 16.2. The summed E-state index contributed by atoms with van der Waals surface area (Å²) in [5, 5.41) is 0. The van der Waals surface area contributed by atoms with E-state index in [2.05, 4.69) is 51.3 Å². The summed E-state index contributed by atoms with van der Waals surface area (Å²) in [6.45, 7) is 19.8. The minimum Gasteiger partial charge on any atom is -0.378 e. The van der Waals surface area contributed by atoms with Crippen molar-refractivity contribution in [1.82, 2.24) is 9.80 Å². The summed E-state index contributed by atoms with van der Waals surface area (Å²) in [6.07, 6.45) is 3.10. The highest BCUT2D eigenvalue weighted by molar-refractivity contribution is 4.94. The van der Waals surface area contributed by atoms with Crippen LogP contribution in [0.4, 0.5) is 0 Å². The number of piperidine rings is 1. The molecule has 2 aliphatic rings. The molecule has 0 aromatic rings. The molecular weight excluding hydrogens is 288 g/mol. The lowest BCUT2D eigenvalue weighted by Gasteiger charge is -2.50. The Balaban J connectivity index is 1.76. The lowest BCUT2D eigenvalue weighted by Crippen LogP contribution is -2.62. The van der Waals surface area contributed by atoms with Crippen LogP contribution in [0.15, 0.2) is 0 Å². The van der Waals surface area contributed by atoms with Crippen LogP contribution in [0.2, 0.25) is 0 Å². The molecule has 0 aliphatic carbocycles. The summed E-state index contributed by atoms with van der Waals surface area (Å²) >= 11 is 0. The summed E-state index contributed by atoms with van der Waals surface area (Å²) in [6, 6.07) is 0.602. The summed E-state index contributed by atoms with van der Waals surface area (Å²) in [4.78, 5) is 5.22. The Kier molecular flexibility index (Phi) is 6.90. The molecule has 4 nitrogen and oxygen atoms in total. The Morgan fingerprint density at radius 1 is 1.17 bits per heavy atom. The molecule has 2 fully saturated rings. The van der Waals surface area contributed by atoms with Crippen LogP contribution >= 0.6 is 0 Å². The molecule has 136 valence electrons. The predicted octanol–water partition coefficient (Wildman–Crippen LogP) is 3.01. The molecule has 2 saturated heterocycles. The fraction of sp³-hybridized carbons (Fsp3) is 1.00. The van der Waals surface area contributed by atoms with Crippen LogP contribution in [-0.2, 0) is 9.47 Å². The van der Waals surface area contributed by atoms with Crippen molar-refractivity contribution in [2.24, 2.45) is 5.92 Å². The number of likely N-dealkylation sites (tertiary alicyclic amines) is 1. The Bertz CT molecular complexity index is 354. The highest BCUT2D eigenvalue weighted by atomic mass is 16.5. The average molecular weight is 327 g/mol. The normalized spacial score (nSPS) is 28.8. The molecule has 0 bridgehead atoms. The largest absolute Gasteiger partial charge is 0.378 e. The van der Waals surface area contributed by atoms with Gasteiger partial charge in [-0.25, -0.2) is 0 Å². The number of hydrogen-bond donors (Lipinski definition) is 0. The number of nitrogens with zero attached hydrogens (tertiary/aromatic N) is 2. The van der Waals surface area contributed by atoms with Crippen molar-refractivity contribution in [3.63, 3.8) is 0 Å². The van der Waals surface area contributed by atoms with E-state index < -0.39 is 0 Å². The minimum absolute atomic E-state index is 0.247. The van der Waals surface area contributed by atoms with Gasteiger partial charge in [0.25, 0.3) is 0 Å². The van der Waals surface area contributed by atoms with Crippen LogP contribution < -0.4 is 0 Å². The molecule has 0 radical (unpaired) electrons. The molecule has 0 saturated carbocycles. The van der Waals surface area contributed by atoms with Gasteiger partial charge in [0, 0.05) is 44.4 Å². The Morgan fingerprint density at radius 2 is 1.91 bits per heavy atom. The molecule has 0 N–H and O–H groups in total. The Labute approximate surface area is 143 Å². The van der Waals surface area contributed by atoms with Gasteiger partial charge >= 0.3 is 0 Å². The number of rotatable bonds is 6. The SMILES string of the molecule is CC(C)[C@H](C)OCCCN1CCOC2CN(C(C)(C)C)CCC21. The molecule has 2 rings (SSSR count). The summed E-state index contributed by atoms with van der Waals surface area (Å²) < 4.78 is 12.0. The first-order valence-corrected chi connectivity index (χ1v) is 9.51. The third kappa shape index (κ3) is 5.42. The van der Waals surface area contributed by atoms with E-state index in [0.29, 0.717) is 24.2 Å². The van der Waals surface area contributed by atoms with E-state index in [4.69, 9.17) is 9.47 Å². The highest BCUT2D eigenvalue weighted by Crippen LogP contribution is 2.27.